The van der Waals surface area contributed by atoms with Gasteiger partial charge in [-0.25, -0.2) is 9.37 Å². The molecule has 5 aromatic rings. The van der Waals surface area contributed by atoms with Gasteiger partial charge in [0, 0.05) is 28.3 Å². The van der Waals surface area contributed by atoms with E-state index in [1.54, 1.807) is 35.7 Å². The van der Waals surface area contributed by atoms with Crippen molar-refractivity contribution in [3.05, 3.63) is 107 Å². The number of thiophene rings is 1. The maximum atomic E-state index is 14.5. The second-order valence-corrected chi connectivity index (χ2v) is 11.2. The van der Waals surface area contributed by atoms with Crippen LogP contribution in [0.4, 0.5) is 4.39 Å². The maximum absolute atomic E-state index is 14.5. The Morgan fingerprint density at radius 2 is 1.63 bits per heavy atom. The van der Waals surface area contributed by atoms with Crippen LogP contribution in [0.3, 0.4) is 0 Å². The molecule has 2 atom stereocenters. The van der Waals surface area contributed by atoms with E-state index in [1.807, 2.05) is 30.3 Å². The number of nitrogens with one attached hydrogen (secondary N) is 1. The third kappa shape index (κ3) is 7.34. The van der Waals surface area contributed by atoms with Gasteiger partial charge in [-0.2, -0.15) is 0 Å². The van der Waals surface area contributed by atoms with E-state index in [2.05, 4.69) is 10.3 Å². The first-order valence-corrected chi connectivity index (χ1v) is 15.3. The van der Waals surface area contributed by atoms with Crippen LogP contribution in [0.25, 0.3) is 21.3 Å². The van der Waals surface area contributed by atoms with Gasteiger partial charge in [0.25, 0.3) is 5.91 Å². The molecule has 0 aliphatic rings. The van der Waals surface area contributed by atoms with Crippen LogP contribution in [0, 0.1) is 5.82 Å². The van der Waals surface area contributed by atoms with Gasteiger partial charge < -0.3 is 29.4 Å². The van der Waals surface area contributed by atoms with Gasteiger partial charge in [-0.1, -0.05) is 42.5 Å². The standard InChI is InChI=1S/C35H33FN2O7S/c1-42-28-15-12-22(18-30(28)44-3)35(41)38-27(14-17-31(39)45-19-21-8-5-4-6-9-21)33(40)26-13-16-29(43-2)32(37-26)24-20-46-34-23(24)10-7-11-25(34)36/h4-13,15-16,18,20,27,31,39H,14,17,19H2,1-3H3,(H,38,41)/t27-,31?/m0/s1. The van der Waals surface area contributed by atoms with Crippen molar-refractivity contribution < 1.29 is 38.0 Å². The fourth-order valence-corrected chi connectivity index (χ4v) is 5.93. The molecule has 0 aliphatic carbocycles. The molecule has 0 spiro atoms. The van der Waals surface area contributed by atoms with Crippen LogP contribution >= 0.6 is 11.3 Å². The second kappa shape index (κ2) is 15.0. The van der Waals surface area contributed by atoms with Crippen molar-refractivity contribution in [1.29, 1.82) is 0 Å². The third-order valence-corrected chi connectivity index (χ3v) is 8.40. The minimum atomic E-state index is -1.19. The molecular weight excluding hydrogens is 611 g/mol. The zero-order valence-corrected chi connectivity index (χ0v) is 26.3. The number of fused-ring (bicyclic) bond motifs is 1. The van der Waals surface area contributed by atoms with Crippen molar-refractivity contribution in [1.82, 2.24) is 10.3 Å². The smallest absolute Gasteiger partial charge is 0.252 e. The number of carbonyl (C=O) groups excluding carboxylic acids is 2. The average molecular weight is 645 g/mol. The third-order valence-electron chi connectivity index (χ3n) is 7.39. The number of halogens is 1. The first-order valence-electron chi connectivity index (χ1n) is 14.4. The number of nitrogens with zero attached hydrogens (tertiary/aromatic N) is 1. The molecule has 0 bridgehead atoms. The summed E-state index contributed by atoms with van der Waals surface area (Å²) in [5, 5.41) is 15.8. The Morgan fingerprint density at radius 1 is 0.891 bits per heavy atom. The van der Waals surface area contributed by atoms with Gasteiger partial charge in [0.1, 0.15) is 23.0 Å². The fraction of sp³-hybridized carbons (Fsp3) is 0.229. The molecule has 1 unspecified atom stereocenters. The molecule has 9 nitrogen and oxygen atoms in total. The summed E-state index contributed by atoms with van der Waals surface area (Å²) >= 11 is 1.23. The molecule has 1 amide bonds. The number of hydrogen-bond donors (Lipinski definition) is 2. The summed E-state index contributed by atoms with van der Waals surface area (Å²) in [6, 6.07) is 20.9. The monoisotopic (exact) mass is 644 g/mol. The molecule has 0 saturated heterocycles. The number of ether oxygens (including phenoxy) is 4. The van der Waals surface area contributed by atoms with Gasteiger partial charge in [0.2, 0.25) is 5.78 Å². The Bertz CT molecular complexity index is 1830. The minimum Gasteiger partial charge on any atom is -0.494 e. The van der Waals surface area contributed by atoms with E-state index in [9.17, 15) is 19.1 Å². The molecule has 3 aromatic carbocycles. The molecule has 2 heterocycles. The van der Waals surface area contributed by atoms with E-state index in [1.165, 1.54) is 50.9 Å². The van der Waals surface area contributed by atoms with Gasteiger partial charge in [-0.3, -0.25) is 9.59 Å². The zero-order valence-electron chi connectivity index (χ0n) is 25.5. The number of pyridine rings is 1. The summed E-state index contributed by atoms with van der Waals surface area (Å²) in [5.41, 5.74) is 2.16. The normalized spacial score (nSPS) is 12.4. The minimum absolute atomic E-state index is 0.0451. The predicted molar refractivity (Wildman–Crippen MR) is 173 cm³/mol. The zero-order chi connectivity index (χ0) is 32.6. The molecule has 2 N–H and O–H groups in total. The Kier molecular flexibility index (Phi) is 10.6. The van der Waals surface area contributed by atoms with Crippen LogP contribution in [0.2, 0.25) is 0 Å². The SMILES string of the molecule is COc1ccc(C(=O)N[C@@H](CCC(O)OCc2ccccc2)C(=O)c2ccc(OC)c(-c3csc4c(F)cccc34)n2)cc1OC. The molecule has 238 valence electrons. The van der Waals surface area contributed by atoms with Gasteiger partial charge in [-0.05, 0) is 48.4 Å². The van der Waals surface area contributed by atoms with Crippen LogP contribution in [0.15, 0.2) is 84.2 Å². The van der Waals surface area contributed by atoms with Crippen molar-refractivity contribution in [3.8, 4) is 28.5 Å². The number of benzene rings is 3. The molecule has 2 aromatic heterocycles. The van der Waals surface area contributed by atoms with Gasteiger partial charge in [0.05, 0.1) is 38.7 Å². The predicted octanol–water partition coefficient (Wildman–Crippen LogP) is 6.42. The van der Waals surface area contributed by atoms with E-state index in [4.69, 9.17) is 18.9 Å². The summed E-state index contributed by atoms with van der Waals surface area (Å²) in [7, 11) is 4.43. The van der Waals surface area contributed by atoms with Crippen molar-refractivity contribution in [2.24, 2.45) is 0 Å². The number of aliphatic hydroxyl groups is 1. The van der Waals surface area contributed by atoms with Crippen molar-refractivity contribution in [2.75, 3.05) is 21.3 Å². The van der Waals surface area contributed by atoms with E-state index in [0.29, 0.717) is 38.6 Å². The summed E-state index contributed by atoms with van der Waals surface area (Å²) in [6.45, 7) is 0.178. The van der Waals surface area contributed by atoms with Crippen molar-refractivity contribution in [3.63, 3.8) is 0 Å². The lowest BCUT2D eigenvalue weighted by atomic mass is 10.0. The summed E-state index contributed by atoms with van der Waals surface area (Å²) in [4.78, 5) is 32.1. The topological polar surface area (TPSA) is 116 Å². The average Bonchev–Trinajstić information content (AvgIpc) is 3.54. The number of amides is 1. The maximum Gasteiger partial charge on any atom is 0.252 e. The fourth-order valence-electron chi connectivity index (χ4n) is 4.97. The van der Waals surface area contributed by atoms with Crippen LogP contribution in [0.5, 0.6) is 17.2 Å². The second-order valence-electron chi connectivity index (χ2n) is 10.3. The molecule has 0 fully saturated rings. The molecule has 11 heteroatoms. The highest BCUT2D eigenvalue weighted by molar-refractivity contribution is 7.17. The lowest BCUT2D eigenvalue weighted by Crippen LogP contribution is -2.42. The van der Waals surface area contributed by atoms with Crippen LogP contribution < -0.4 is 19.5 Å². The quantitative estimate of drug-likeness (QED) is 0.105. The van der Waals surface area contributed by atoms with Gasteiger partial charge in [0.15, 0.2) is 17.8 Å². The first kappa shape index (κ1) is 32.6. The highest BCUT2D eigenvalue weighted by Gasteiger charge is 2.27. The number of Topliss-reactive ketones (excluding diaryl/α,β-unsaturated/α-hetero) is 1. The summed E-state index contributed by atoms with van der Waals surface area (Å²) in [5.74, 6) is -0.183. The van der Waals surface area contributed by atoms with E-state index in [0.717, 1.165) is 5.56 Å². The van der Waals surface area contributed by atoms with Gasteiger partial charge >= 0.3 is 0 Å². The van der Waals surface area contributed by atoms with Crippen molar-refractivity contribution >= 4 is 33.1 Å². The van der Waals surface area contributed by atoms with E-state index >= 15 is 0 Å². The number of hydrogen-bond acceptors (Lipinski definition) is 9. The molecule has 0 radical (unpaired) electrons. The highest BCUT2D eigenvalue weighted by Crippen LogP contribution is 2.38. The molecule has 0 aliphatic heterocycles. The Hall–Kier alpha value is -4.84. The Morgan fingerprint density at radius 3 is 2.37 bits per heavy atom. The number of aromatic nitrogens is 1. The molecular formula is C35H33FN2O7S. The molecule has 46 heavy (non-hydrogen) atoms. The number of methoxy groups -OCH3 is 3. The first-order chi connectivity index (χ1) is 22.3. The molecule has 5 rings (SSSR count). The van der Waals surface area contributed by atoms with E-state index in [-0.39, 0.29) is 36.5 Å². The van der Waals surface area contributed by atoms with Gasteiger partial charge in [-0.15, -0.1) is 11.3 Å². The van der Waals surface area contributed by atoms with Crippen LogP contribution in [-0.4, -0.2) is 55.4 Å². The number of ketones is 1. The summed E-state index contributed by atoms with van der Waals surface area (Å²) < 4.78 is 36.7. The number of carbonyl (C=O) groups is 2. The Labute approximate surface area is 269 Å². The number of aliphatic hydroxyl groups excluding tert-OH is 1. The lowest BCUT2D eigenvalue weighted by molar-refractivity contribution is -0.113. The number of rotatable bonds is 14. The highest BCUT2D eigenvalue weighted by atomic mass is 32.1. The van der Waals surface area contributed by atoms with E-state index < -0.39 is 24.0 Å². The summed E-state index contributed by atoms with van der Waals surface area (Å²) in [6.07, 6.45) is -1.10. The Balaban J connectivity index is 1.43. The van der Waals surface area contributed by atoms with Crippen LogP contribution in [0.1, 0.15) is 39.3 Å². The van der Waals surface area contributed by atoms with Crippen LogP contribution in [-0.2, 0) is 11.3 Å². The molecule has 0 saturated carbocycles. The largest absolute Gasteiger partial charge is 0.494 e. The lowest BCUT2D eigenvalue weighted by Gasteiger charge is -2.20. The van der Waals surface area contributed by atoms with Crippen molar-refractivity contribution in [2.45, 2.75) is 31.8 Å².